The van der Waals surface area contributed by atoms with Crippen molar-refractivity contribution in [3.05, 3.63) is 29.8 Å². The van der Waals surface area contributed by atoms with Gasteiger partial charge in [-0.15, -0.1) is 0 Å². The molecule has 1 aromatic carbocycles. The molecule has 0 aromatic heterocycles. The topological polar surface area (TPSA) is 32.7 Å². The number of rotatable bonds is 4. The van der Waals surface area contributed by atoms with E-state index in [1.165, 1.54) is 32.4 Å². The SMILES string of the molecule is OCC#Cc1cccc(OCCN2CCCCC2)c1. The highest BCUT2D eigenvalue weighted by molar-refractivity contribution is 5.39. The second-order valence-corrected chi connectivity index (χ2v) is 4.74. The molecule has 1 aliphatic heterocycles. The summed E-state index contributed by atoms with van der Waals surface area (Å²) in [5, 5.41) is 8.67. The van der Waals surface area contributed by atoms with Gasteiger partial charge in [-0.3, -0.25) is 4.90 Å². The number of hydrogen-bond donors (Lipinski definition) is 1. The summed E-state index contributed by atoms with van der Waals surface area (Å²) < 4.78 is 5.76. The Bertz CT molecular complexity index is 442. The van der Waals surface area contributed by atoms with Crippen molar-refractivity contribution >= 4 is 0 Å². The van der Waals surface area contributed by atoms with Gasteiger partial charge in [0.1, 0.15) is 19.0 Å². The van der Waals surface area contributed by atoms with Crippen LogP contribution < -0.4 is 4.74 Å². The third kappa shape index (κ3) is 4.94. The van der Waals surface area contributed by atoms with E-state index in [0.717, 1.165) is 24.5 Å². The van der Waals surface area contributed by atoms with E-state index in [4.69, 9.17) is 9.84 Å². The molecule has 3 nitrogen and oxygen atoms in total. The van der Waals surface area contributed by atoms with Gasteiger partial charge in [0.25, 0.3) is 0 Å². The van der Waals surface area contributed by atoms with E-state index in [1.807, 2.05) is 24.3 Å². The maximum atomic E-state index is 8.67. The first kappa shape index (κ1) is 13.9. The predicted octanol–water partition coefficient (Wildman–Crippen LogP) is 1.90. The summed E-state index contributed by atoms with van der Waals surface area (Å²) in [5.74, 6) is 6.37. The molecule has 0 spiro atoms. The van der Waals surface area contributed by atoms with Gasteiger partial charge < -0.3 is 9.84 Å². The Morgan fingerprint density at radius 1 is 1.21 bits per heavy atom. The lowest BCUT2D eigenvalue weighted by atomic mass is 10.1. The molecule has 0 saturated carbocycles. The average molecular weight is 259 g/mol. The lowest BCUT2D eigenvalue weighted by Crippen LogP contribution is -2.33. The molecule has 1 N–H and O–H groups in total. The van der Waals surface area contributed by atoms with Crippen molar-refractivity contribution in [2.24, 2.45) is 0 Å². The fourth-order valence-corrected chi connectivity index (χ4v) is 2.28. The van der Waals surface area contributed by atoms with Crippen molar-refractivity contribution in [1.82, 2.24) is 4.90 Å². The normalized spacial score (nSPS) is 15.6. The smallest absolute Gasteiger partial charge is 0.120 e. The molecule has 0 bridgehead atoms. The fourth-order valence-electron chi connectivity index (χ4n) is 2.28. The van der Waals surface area contributed by atoms with Crippen LogP contribution in [-0.2, 0) is 0 Å². The van der Waals surface area contributed by atoms with Gasteiger partial charge in [-0.05, 0) is 44.1 Å². The summed E-state index contributed by atoms with van der Waals surface area (Å²) in [6.45, 7) is 4.00. The van der Waals surface area contributed by atoms with E-state index in [1.54, 1.807) is 0 Å². The van der Waals surface area contributed by atoms with E-state index < -0.39 is 0 Å². The molecule has 1 saturated heterocycles. The number of piperidine rings is 1. The van der Waals surface area contributed by atoms with Gasteiger partial charge in [0.05, 0.1) is 0 Å². The molecule has 0 amide bonds. The molecule has 3 heteroatoms. The van der Waals surface area contributed by atoms with E-state index in [9.17, 15) is 0 Å². The molecule has 1 aromatic rings. The third-order valence-electron chi connectivity index (χ3n) is 3.27. The largest absolute Gasteiger partial charge is 0.492 e. The van der Waals surface area contributed by atoms with Gasteiger partial charge in [-0.1, -0.05) is 24.3 Å². The Labute approximate surface area is 115 Å². The van der Waals surface area contributed by atoms with Crippen molar-refractivity contribution < 1.29 is 9.84 Å². The molecule has 1 heterocycles. The molecule has 1 aliphatic rings. The number of ether oxygens (including phenoxy) is 1. The molecule has 0 radical (unpaired) electrons. The van der Waals surface area contributed by atoms with Gasteiger partial charge >= 0.3 is 0 Å². The van der Waals surface area contributed by atoms with Crippen LogP contribution in [0.5, 0.6) is 5.75 Å². The van der Waals surface area contributed by atoms with Gasteiger partial charge in [0.15, 0.2) is 0 Å². The van der Waals surface area contributed by atoms with Crippen LogP contribution in [-0.4, -0.2) is 42.9 Å². The number of nitrogens with zero attached hydrogens (tertiary/aromatic N) is 1. The number of hydrogen-bond acceptors (Lipinski definition) is 3. The minimum Gasteiger partial charge on any atom is -0.492 e. The van der Waals surface area contributed by atoms with E-state index in [-0.39, 0.29) is 6.61 Å². The van der Waals surface area contributed by atoms with E-state index in [2.05, 4.69) is 16.7 Å². The molecular weight excluding hydrogens is 238 g/mol. The Kier molecular flexibility index (Phi) is 5.74. The second kappa shape index (κ2) is 7.83. The summed E-state index contributed by atoms with van der Waals surface area (Å²) >= 11 is 0. The quantitative estimate of drug-likeness (QED) is 0.838. The zero-order valence-corrected chi connectivity index (χ0v) is 11.3. The Balaban J connectivity index is 1.78. The van der Waals surface area contributed by atoms with Crippen LogP contribution in [0.1, 0.15) is 24.8 Å². The van der Waals surface area contributed by atoms with Crippen LogP contribution in [0.25, 0.3) is 0 Å². The van der Waals surface area contributed by atoms with Crippen LogP contribution in [0, 0.1) is 11.8 Å². The van der Waals surface area contributed by atoms with Gasteiger partial charge in [0, 0.05) is 12.1 Å². The average Bonchev–Trinajstić information content (AvgIpc) is 2.47. The monoisotopic (exact) mass is 259 g/mol. The first-order valence-electron chi connectivity index (χ1n) is 6.93. The van der Waals surface area contributed by atoms with Gasteiger partial charge in [0.2, 0.25) is 0 Å². The lowest BCUT2D eigenvalue weighted by Gasteiger charge is -2.26. The highest BCUT2D eigenvalue weighted by Crippen LogP contribution is 2.13. The van der Waals surface area contributed by atoms with Crippen molar-refractivity contribution in [3.63, 3.8) is 0 Å². The first-order valence-corrected chi connectivity index (χ1v) is 6.93. The molecule has 0 aliphatic carbocycles. The minimum absolute atomic E-state index is 0.111. The van der Waals surface area contributed by atoms with Crippen LogP contribution in [0.2, 0.25) is 0 Å². The summed E-state index contributed by atoms with van der Waals surface area (Å²) in [4.78, 5) is 2.46. The number of aliphatic hydroxyl groups is 1. The second-order valence-electron chi connectivity index (χ2n) is 4.74. The molecule has 102 valence electrons. The molecule has 2 rings (SSSR count). The minimum atomic E-state index is -0.111. The van der Waals surface area contributed by atoms with E-state index in [0.29, 0.717) is 0 Å². The van der Waals surface area contributed by atoms with Crippen LogP contribution in [0.3, 0.4) is 0 Å². The van der Waals surface area contributed by atoms with Gasteiger partial charge in [-0.2, -0.15) is 0 Å². The Morgan fingerprint density at radius 2 is 2.05 bits per heavy atom. The fraction of sp³-hybridized carbons (Fsp3) is 0.500. The maximum Gasteiger partial charge on any atom is 0.120 e. The lowest BCUT2D eigenvalue weighted by molar-refractivity contribution is 0.183. The highest BCUT2D eigenvalue weighted by Gasteiger charge is 2.09. The standard InChI is InChI=1S/C16H21NO2/c18-12-5-7-15-6-4-8-16(14-15)19-13-11-17-9-2-1-3-10-17/h4,6,8,14,18H,1-3,9-13H2. The summed E-state index contributed by atoms with van der Waals surface area (Å²) in [6.07, 6.45) is 3.99. The first-order chi connectivity index (χ1) is 9.38. The maximum absolute atomic E-state index is 8.67. The number of aliphatic hydroxyl groups excluding tert-OH is 1. The molecule has 19 heavy (non-hydrogen) atoms. The Hall–Kier alpha value is -1.50. The van der Waals surface area contributed by atoms with Crippen LogP contribution in [0.15, 0.2) is 24.3 Å². The number of likely N-dealkylation sites (tertiary alicyclic amines) is 1. The van der Waals surface area contributed by atoms with Crippen molar-refractivity contribution in [2.75, 3.05) is 32.8 Å². The summed E-state index contributed by atoms with van der Waals surface area (Å²) in [6, 6.07) is 7.71. The Morgan fingerprint density at radius 3 is 2.84 bits per heavy atom. The summed E-state index contributed by atoms with van der Waals surface area (Å²) in [5.41, 5.74) is 0.879. The number of benzene rings is 1. The van der Waals surface area contributed by atoms with Crippen LogP contribution in [0.4, 0.5) is 0 Å². The van der Waals surface area contributed by atoms with Crippen molar-refractivity contribution in [3.8, 4) is 17.6 Å². The molecular formula is C16H21NO2. The van der Waals surface area contributed by atoms with Gasteiger partial charge in [-0.25, -0.2) is 0 Å². The zero-order valence-electron chi connectivity index (χ0n) is 11.3. The molecule has 1 fully saturated rings. The summed E-state index contributed by atoms with van der Waals surface area (Å²) in [7, 11) is 0. The third-order valence-corrected chi connectivity index (χ3v) is 3.27. The van der Waals surface area contributed by atoms with Crippen molar-refractivity contribution in [2.45, 2.75) is 19.3 Å². The molecule has 0 unspecified atom stereocenters. The predicted molar refractivity (Wildman–Crippen MR) is 76.2 cm³/mol. The highest BCUT2D eigenvalue weighted by atomic mass is 16.5. The zero-order chi connectivity index (χ0) is 13.3. The van der Waals surface area contributed by atoms with Crippen LogP contribution >= 0.6 is 0 Å². The van der Waals surface area contributed by atoms with Crippen molar-refractivity contribution in [1.29, 1.82) is 0 Å². The van der Waals surface area contributed by atoms with E-state index >= 15 is 0 Å². The molecule has 0 atom stereocenters.